The molecule has 0 bridgehead atoms. The molecule has 1 fully saturated rings. The molecule has 1 amide bonds. The van der Waals surface area contributed by atoms with Crippen molar-refractivity contribution in [1.29, 1.82) is 0 Å². The van der Waals surface area contributed by atoms with Gasteiger partial charge < -0.3 is 14.6 Å². The Balaban J connectivity index is 1.96. The van der Waals surface area contributed by atoms with Gasteiger partial charge in [-0.3, -0.25) is 9.59 Å². The van der Waals surface area contributed by atoms with E-state index < -0.39 is 11.5 Å². The molecule has 1 aromatic carbocycles. The molecule has 6 heteroatoms. The number of pyridine rings is 1. The largest absolute Gasteiger partial charge is 0.477 e. The SMILES string of the molecule is Cc1ccn(C2CC(=O)N(c3ccccc3)C2)c(=O)c1C(=O)O. The van der Waals surface area contributed by atoms with Gasteiger partial charge >= 0.3 is 5.97 Å². The highest BCUT2D eigenvalue weighted by atomic mass is 16.4. The van der Waals surface area contributed by atoms with Gasteiger partial charge in [-0.2, -0.15) is 0 Å². The highest BCUT2D eigenvalue weighted by Gasteiger charge is 2.33. The van der Waals surface area contributed by atoms with Crippen molar-refractivity contribution in [3.63, 3.8) is 0 Å². The number of hydrogen-bond acceptors (Lipinski definition) is 3. The molecule has 2 heterocycles. The van der Waals surface area contributed by atoms with Crippen molar-refractivity contribution in [2.45, 2.75) is 19.4 Å². The third-order valence-electron chi connectivity index (χ3n) is 4.11. The number of rotatable bonds is 3. The maximum absolute atomic E-state index is 12.4. The van der Waals surface area contributed by atoms with Gasteiger partial charge in [0.2, 0.25) is 5.91 Å². The fourth-order valence-electron chi connectivity index (χ4n) is 2.92. The van der Waals surface area contributed by atoms with Crippen molar-refractivity contribution in [3.8, 4) is 0 Å². The minimum absolute atomic E-state index is 0.0782. The smallest absolute Gasteiger partial charge is 0.341 e. The van der Waals surface area contributed by atoms with Crippen LogP contribution in [0.1, 0.15) is 28.4 Å². The molecule has 1 saturated heterocycles. The summed E-state index contributed by atoms with van der Waals surface area (Å²) in [5, 5.41) is 9.21. The molecule has 0 spiro atoms. The van der Waals surface area contributed by atoms with Gasteiger partial charge in [0.1, 0.15) is 5.56 Å². The predicted octanol–water partition coefficient (Wildman–Crippen LogP) is 1.83. The van der Waals surface area contributed by atoms with Gasteiger partial charge in [-0.15, -0.1) is 0 Å². The van der Waals surface area contributed by atoms with E-state index >= 15 is 0 Å². The fraction of sp³-hybridized carbons (Fsp3) is 0.235. The van der Waals surface area contributed by atoms with Gasteiger partial charge in [0.25, 0.3) is 5.56 Å². The lowest BCUT2D eigenvalue weighted by Crippen LogP contribution is -2.31. The van der Waals surface area contributed by atoms with Crippen LogP contribution in [0.15, 0.2) is 47.4 Å². The second kappa shape index (κ2) is 5.72. The quantitative estimate of drug-likeness (QED) is 0.937. The van der Waals surface area contributed by atoms with Crippen molar-refractivity contribution >= 4 is 17.6 Å². The van der Waals surface area contributed by atoms with E-state index in [1.54, 1.807) is 24.1 Å². The average molecular weight is 312 g/mol. The summed E-state index contributed by atoms with van der Waals surface area (Å²) in [5.74, 6) is -1.32. The van der Waals surface area contributed by atoms with Crippen molar-refractivity contribution in [2.24, 2.45) is 0 Å². The lowest BCUT2D eigenvalue weighted by atomic mass is 10.1. The number of carbonyl (C=O) groups excluding carboxylic acids is 1. The summed E-state index contributed by atoms with van der Waals surface area (Å²) in [5.41, 5.74) is 0.393. The zero-order valence-corrected chi connectivity index (χ0v) is 12.6. The van der Waals surface area contributed by atoms with Crippen LogP contribution in [0.3, 0.4) is 0 Å². The summed E-state index contributed by atoms with van der Waals surface area (Å²) < 4.78 is 1.36. The van der Waals surface area contributed by atoms with Crippen LogP contribution in [-0.4, -0.2) is 28.1 Å². The molecule has 0 aliphatic carbocycles. The summed E-state index contributed by atoms with van der Waals surface area (Å²) in [6.07, 6.45) is 1.74. The molecule has 1 N–H and O–H groups in total. The molecule has 23 heavy (non-hydrogen) atoms. The van der Waals surface area contributed by atoms with Crippen LogP contribution in [-0.2, 0) is 4.79 Å². The minimum atomic E-state index is -1.24. The molecular formula is C17H16N2O4. The average Bonchev–Trinajstić information content (AvgIpc) is 2.89. The van der Waals surface area contributed by atoms with Crippen molar-refractivity contribution < 1.29 is 14.7 Å². The molecule has 1 aliphatic heterocycles. The van der Waals surface area contributed by atoms with Crippen LogP contribution in [0.4, 0.5) is 5.69 Å². The van der Waals surface area contributed by atoms with Crippen LogP contribution in [0, 0.1) is 6.92 Å². The number of para-hydroxylation sites is 1. The van der Waals surface area contributed by atoms with E-state index in [0.717, 1.165) is 5.69 Å². The van der Waals surface area contributed by atoms with E-state index in [2.05, 4.69) is 0 Å². The van der Waals surface area contributed by atoms with Crippen molar-refractivity contribution in [1.82, 2.24) is 4.57 Å². The number of benzene rings is 1. The molecule has 0 radical (unpaired) electrons. The molecule has 1 aromatic heterocycles. The second-order valence-electron chi connectivity index (χ2n) is 5.59. The number of carboxylic acids is 1. The van der Waals surface area contributed by atoms with Crippen LogP contribution in [0.2, 0.25) is 0 Å². The van der Waals surface area contributed by atoms with Crippen LogP contribution in [0.25, 0.3) is 0 Å². The molecule has 0 saturated carbocycles. The first-order chi connectivity index (χ1) is 11.0. The Morgan fingerprint density at radius 2 is 1.87 bits per heavy atom. The van der Waals surface area contributed by atoms with Crippen LogP contribution < -0.4 is 10.5 Å². The number of carboxylic acid groups (broad SMARTS) is 1. The molecule has 2 aromatic rings. The van der Waals surface area contributed by atoms with E-state index in [9.17, 15) is 19.5 Å². The lowest BCUT2D eigenvalue weighted by Gasteiger charge is -2.18. The Morgan fingerprint density at radius 1 is 1.17 bits per heavy atom. The van der Waals surface area contributed by atoms with E-state index in [-0.39, 0.29) is 23.9 Å². The molecule has 1 atom stereocenters. The Bertz CT molecular complexity index is 826. The van der Waals surface area contributed by atoms with Crippen LogP contribution in [0.5, 0.6) is 0 Å². The number of hydrogen-bond donors (Lipinski definition) is 1. The normalized spacial score (nSPS) is 17.5. The monoisotopic (exact) mass is 312 g/mol. The lowest BCUT2D eigenvalue weighted by molar-refractivity contribution is -0.117. The van der Waals surface area contributed by atoms with Gasteiger partial charge in [0, 0.05) is 24.8 Å². The van der Waals surface area contributed by atoms with Gasteiger partial charge in [-0.25, -0.2) is 4.79 Å². The molecule has 1 aliphatic rings. The van der Waals surface area contributed by atoms with Crippen molar-refractivity contribution in [2.75, 3.05) is 11.4 Å². The summed E-state index contributed by atoms with van der Waals surface area (Å²) in [6, 6.07) is 10.5. The van der Waals surface area contributed by atoms with Crippen molar-refractivity contribution in [3.05, 3.63) is 64.1 Å². The summed E-state index contributed by atoms with van der Waals surface area (Å²) in [4.78, 5) is 37.6. The number of amides is 1. The fourth-order valence-corrected chi connectivity index (χ4v) is 2.92. The zero-order chi connectivity index (χ0) is 16.6. The standard InChI is InChI=1S/C17H16N2O4/c1-11-7-8-18(16(21)15(11)17(22)23)13-9-14(20)19(10-13)12-5-3-2-4-6-12/h2-8,13H,9-10H2,1H3,(H,22,23). The van der Waals surface area contributed by atoms with E-state index in [4.69, 9.17) is 0 Å². The highest BCUT2D eigenvalue weighted by Crippen LogP contribution is 2.27. The summed E-state index contributed by atoms with van der Waals surface area (Å²) in [6.45, 7) is 1.94. The minimum Gasteiger partial charge on any atom is -0.477 e. The Morgan fingerprint density at radius 3 is 2.52 bits per heavy atom. The third kappa shape index (κ3) is 2.63. The van der Waals surface area contributed by atoms with E-state index in [1.807, 2.05) is 30.3 Å². The number of nitrogens with zero attached hydrogens (tertiary/aromatic N) is 2. The Kier molecular flexibility index (Phi) is 3.73. The van der Waals surface area contributed by atoms with Gasteiger partial charge in [-0.05, 0) is 30.7 Å². The van der Waals surface area contributed by atoms with E-state index in [0.29, 0.717) is 12.1 Å². The Hall–Kier alpha value is -2.89. The molecular weight excluding hydrogens is 296 g/mol. The summed E-state index contributed by atoms with van der Waals surface area (Å²) >= 11 is 0. The molecule has 118 valence electrons. The number of anilines is 1. The molecule has 6 nitrogen and oxygen atoms in total. The number of aromatic nitrogens is 1. The van der Waals surface area contributed by atoms with Gasteiger partial charge in [-0.1, -0.05) is 18.2 Å². The number of aryl methyl sites for hydroxylation is 1. The second-order valence-corrected chi connectivity index (χ2v) is 5.59. The first kappa shape index (κ1) is 15.0. The zero-order valence-electron chi connectivity index (χ0n) is 12.6. The van der Waals surface area contributed by atoms with Gasteiger partial charge in [0.15, 0.2) is 0 Å². The summed E-state index contributed by atoms with van der Waals surface area (Å²) in [7, 11) is 0. The predicted molar refractivity (Wildman–Crippen MR) is 84.8 cm³/mol. The number of carbonyl (C=O) groups is 2. The highest BCUT2D eigenvalue weighted by molar-refractivity contribution is 5.96. The number of aromatic carboxylic acids is 1. The van der Waals surface area contributed by atoms with Gasteiger partial charge in [0.05, 0.1) is 6.04 Å². The van der Waals surface area contributed by atoms with Crippen LogP contribution >= 0.6 is 0 Å². The van der Waals surface area contributed by atoms with E-state index in [1.165, 1.54) is 4.57 Å². The first-order valence-electron chi connectivity index (χ1n) is 7.29. The maximum atomic E-state index is 12.4. The third-order valence-corrected chi connectivity index (χ3v) is 4.11. The first-order valence-corrected chi connectivity index (χ1v) is 7.29. The maximum Gasteiger partial charge on any atom is 0.341 e. The Labute approximate surface area is 132 Å². The topological polar surface area (TPSA) is 79.6 Å². The molecule has 1 unspecified atom stereocenters. The molecule has 3 rings (SSSR count).